The maximum Gasteiger partial charge on any atom is 0.357 e. The van der Waals surface area contributed by atoms with Crippen LogP contribution in [0.3, 0.4) is 0 Å². The average molecular weight is 468 g/mol. The van der Waals surface area contributed by atoms with Crippen molar-refractivity contribution < 1.29 is 23.5 Å². The molecule has 0 unspecified atom stereocenters. The Morgan fingerprint density at radius 2 is 1.88 bits per heavy atom. The second kappa shape index (κ2) is 9.19. The molecule has 0 bridgehead atoms. The summed E-state index contributed by atoms with van der Waals surface area (Å²) >= 11 is 1.32. The molecule has 3 aromatic rings. The zero-order valence-corrected chi connectivity index (χ0v) is 19.2. The van der Waals surface area contributed by atoms with Gasteiger partial charge >= 0.3 is 5.97 Å². The molecule has 33 heavy (non-hydrogen) atoms. The molecular formula is C24H22FN3O4S. The average Bonchev–Trinajstić information content (AvgIpc) is 3.43. The van der Waals surface area contributed by atoms with Crippen molar-refractivity contribution in [3.05, 3.63) is 71.3 Å². The van der Waals surface area contributed by atoms with E-state index in [0.29, 0.717) is 29.4 Å². The molecule has 1 aromatic heterocycles. The fourth-order valence-electron chi connectivity index (χ4n) is 3.85. The number of fused-ring (bicyclic) bond motifs is 1. The van der Waals surface area contributed by atoms with Gasteiger partial charge < -0.3 is 9.64 Å². The number of hydrogen-bond donors (Lipinski definition) is 0. The van der Waals surface area contributed by atoms with Gasteiger partial charge in [-0.1, -0.05) is 11.8 Å². The van der Waals surface area contributed by atoms with Gasteiger partial charge in [-0.05, 0) is 67.6 Å². The van der Waals surface area contributed by atoms with E-state index in [2.05, 4.69) is 4.98 Å². The summed E-state index contributed by atoms with van der Waals surface area (Å²) in [6, 6.07) is 10.8. The van der Waals surface area contributed by atoms with Crippen LogP contribution in [0, 0.1) is 5.82 Å². The van der Waals surface area contributed by atoms with Gasteiger partial charge in [0.05, 0.1) is 6.20 Å². The van der Waals surface area contributed by atoms with Crippen LogP contribution >= 0.6 is 11.8 Å². The molecule has 1 amide bonds. The van der Waals surface area contributed by atoms with Crippen molar-refractivity contribution in [2.75, 3.05) is 17.7 Å². The number of imidazole rings is 1. The summed E-state index contributed by atoms with van der Waals surface area (Å²) in [5.74, 6) is -1.49. The molecule has 4 rings (SSSR count). The van der Waals surface area contributed by atoms with Crippen molar-refractivity contribution in [2.45, 2.75) is 31.5 Å². The van der Waals surface area contributed by atoms with Crippen molar-refractivity contribution in [1.82, 2.24) is 9.55 Å². The summed E-state index contributed by atoms with van der Waals surface area (Å²) < 4.78 is 20.4. The number of benzene rings is 2. The van der Waals surface area contributed by atoms with Gasteiger partial charge in [0.25, 0.3) is 0 Å². The zero-order valence-electron chi connectivity index (χ0n) is 18.4. The number of esters is 1. The van der Waals surface area contributed by atoms with Crippen LogP contribution in [0.5, 0.6) is 0 Å². The van der Waals surface area contributed by atoms with E-state index in [1.165, 1.54) is 56.1 Å². The van der Waals surface area contributed by atoms with E-state index in [9.17, 15) is 18.8 Å². The SMILES string of the molecule is CSc1ncc(C(=O)O[C@H](C)C(=O)c2ccc3c(c2)CCN3C(C)=O)n1-c1ccc(F)cc1. The Morgan fingerprint density at radius 1 is 1.15 bits per heavy atom. The summed E-state index contributed by atoms with van der Waals surface area (Å²) in [6.07, 6.45) is 2.82. The fraction of sp³-hybridized carbons (Fsp3) is 0.250. The second-order valence-corrected chi connectivity index (χ2v) is 8.39. The fourth-order valence-corrected chi connectivity index (χ4v) is 4.40. The number of ketones is 1. The summed E-state index contributed by atoms with van der Waals surface area (Å²) in [4.78, 5) is 43.5. The van der Waals surface area contributed by atoms with Gasteiger partial charge in [0.1, 0.15) is 5.82 Å². The third-order valence-corrected chi connectivity index (χ3v) is 6.15. The third-order valence-electron chi connectivity index (χ3n) is 5.50. The van der Waals surface area contributed by atoms with E-state index in [0.717, 1.165) is 11.3 Å². The number of amides is 1. The number of carbonyl (C=O) groups is 3. The second-order valence-electron chi connectivity index (χ2n) is 7.62. The molecule has 2 aromatic carbocycles. The lowest BCUT2D eigenvalue weighted by atomic mass is 10.0. The van der Waals surface area contributed by atoms with Gasteiger partial charge in [-0.25, -0.2) is 14.2 Å². The normalized spacial score (nSPS) is 13.5. The number of aromatic nitrogens is 2. The minimum atomic E-state index is -1.03. The van der Waals surface area contributed by atoms with Gasteiger partial charge in [-0.2, -0.15) is 0 Å². The van der Waals surface area contributed by atoms with Crippen LogP contribution < -0.4 is 4.90 Å². The molecule has 0 spiro atoms. The molecule has 1 atom stereocenters. The molecule has 0 fully saturated rings. The molecule has 1 aliphatic heterocycles. The molecule has 0 aliphatic carbocycles. The predicted molar refractivity (Wildman–Crippen MR) is 123 cm³/mol. The van der Waals surface area contributed by atoms with Crippen molar-refractivity contribution in [2.24, 2.45) is 0 Å². The first kappa shape index (κ1) is 22.7. The standard InChI is InChI=1S/C24H22FN3O4S/c1-14(22(30)17-4-9-20-16(12-17)10-11-27(20)15(2)29)32-23(31)21-13-26-24(33-3)28(21)19-7-5-18(25)6-8-19/h4-9,12-14H,10-11H2,1-3H3/t14-/m1/s1. The lowest BCUT2D eigenvalue weighted by Crippen LogP contribution is -2.26. The topological polar surface area (TPSA) is 81.5 Å². The highest BCUT2D eigenvalue weighted by Gasteiger charge is 2.27. The molecule has 0 saturated heterocycles. The molecule has 170 valence electrons. The first-order valence-electron chi connectivity index (χ1n) is 10.3. The van der Waals surface area contributed by atoms with E-state index >= 15 is 0 Å². The van der Waals surface area contributed by atoms with Crippen LogP contribution in [0.2, 0.25) is 0 Å². The van der Waals surface area contributed by atoms with E-state index in [1.54, 1.807) is 27.7 Å². The Bertz CT molecular complexity index is 1240. The van der Waals surface area contributed by atoms with Crippen molar-refractivity contribution in [3.8, 4) is 5.69 Å². The number of thioether (sulfide) groups is 1. The quantitative estimate of drug-likeness (QED) is 0.309. The lowest BCUT2D eigenvalue weighted by Gasteiger charge is -2.16. The van der Waals surface area contributed by atoms with Gasteiger partial charge in [0, 0.05) is 30.4 Å². The first-order valence-corrected chi connectivity index (χ1v) is 11.6. The molecule has 9 heteroatoms. The Kier molecular flexibility index (Phi) is 6.33. The van der Waals surface area contributed by atoms with Crippen LogP contribution in [0.1, 0.15) is 40.3 Å². The van der Waals surface area contributed by atoms with Crippen LogP contribution in [0.25, 0.3) is 5.69 Å². The molecular weight excluding hydrogens is 445 g/mol. The molecule has 0 N–H and O–H groups in total. The van der Waals surface area contributed by atoms with Crippen molar-refractivity contribution in [3.63, 3.8) is 0 Å². The smallest absolute Gasteiger partial charge is 0.357 e. The first-order chi connectivity index (χ1) is 15.8. The van der Waals surface area contributed by atoms with Gasteiger partial charge in [-0.15, -0.1) is 0 Å². The van der Waals surface area contributed by atoms with Crippen LogP contribution in [0.4, 0.5) is 10.1 Å². The molecule has 1 aliphatic rings. The van der Waals surface area contributed by atoms with Crippen LogP contribution in [-0.2, 0) is 16.0 Å². The minimum Gasteiger partial charge on any atom is -0.450 e. The predicted octanol–water partition coefficient (Wildman–Crippen LogP) is 4.07. The van der Waals surface area contributed by atoms with Crippen LogP contribution in [0.15, 0.2) is 53.8 Å². The molecule has 7 nitrogen and oxygen atoms in total. The van der Waals surface area contributed by atoms with Gasteiger partial charge in [0.2, 0.25) is 11.7 Å². The number of hydrogen-bond acceptors (Lipinski definition) is 6. The molecule has 0 radical (unpaired) electrons. The highest BCUT2D eigenvalue weighted by Crippen LogP contribution is 2.29. The summed E-state index contributed by atoms with van der Waals surface area (Å²) in [5, 5.41) is 0.529. The van der Waals surface area contributed by atoms with Crippen molar-refractivity contribution in [1.29, 1.82) is 0 Å². The van der Waals surface area contributed by atoms with E-state index < -0.39 is 17.9 Å². The number of nitrogens with zero attached hydrogens (tertiary/aromatic N) is 3. The summed E-state index contributed by atoms with van der Waals surface area (Å²) in [6.45, 7) is 3.61. The number of rotatable bonds is 6. The number of halogens is 1. The Morgan fingerprint density at radius 3 is 2.55 bits per heavy atom. The summed E-state index contributed by atoms with van der Waals surface area (Å²) in [5.41, 5.74) is 2.82. The summed E-state index contributed by atoms with van der Waals surface area (Å²) in [7, 11) is 0. The number of ether oxygens (including phenoxy) is 1. The molecule has 0 saturated carbocycles. The number of carbonyl (C=O) groups excluding carboxylic acids is 3. The molecule has 2 heterocycles. The number of Topliss-reactive ketones (excluding diaryl/α,β-unsaturated/α-hetero) is 1. The maximum atomic E-state index is 13.4. The van der Waals surface area contributed by atoms with E-state index in [4.69, 9.17) is 4.74 Å². The van der Waals surface area contributed by atoms with Crippen molar-refractivity contribution >= 4 is 35.1 Å². The zero-order chi connectivity index (χ0) is 23.7. The Hall–Kier alpha value is -3.46. The lowest BCUT2D eigenvalue weighted by molar-refractivity contribution is -0.116. The van der Waals surface area contributed by atoms with E-state index in [1.807, 2.05) is 6.26 Å². The van der Waals surface area contributed by atoms with Gasteiger partial charge in [0.15, 0.2) is 17.0 Å². The highest BCUT2D eigenvalue weighted by atomic mass is 32.2. The monoisotopic (exact) mass is 467 g/mol. The Balaban J connectivity index is 1.54. The van der Waals surface area contributed by atoms with Gasteiger partial charge in [-0.3, -0.25) is 14.2 Å². The van der Waals surface area contributed by atoms with E-state index in [-0.39, 0.29) is 17.4 Å². The largest absolute Gasteiger partial charge is 0.450 e. The highest BCUT2D eigenvalue weighted by molar-refractivity contribution is 7.98. The number of anilines is 1. The third kappa shape index (κ3) is 4.41. The van der Waals surface area contributed by atoms with Crippen LogP contribution in [-0.4, -0.2) is 46.1 Å². The Labute approximate surface area is 194 Å². The minimum absolute atomic E-state index is 0.0440. The maximum absolute atomic E-state index is 13.4.